The van der Waals surface area contributed by atoms with Gasteiger partial charge in [0, 0.05) is 13.0 Å². The zero-order valence-corrected chi connectivity index (χ0v) is 8.30. The SMILES string of the molecule is CCN1N=C(C(F)(F)F)C[C@]1(C)C(=O)O. The lowest BCUT2D eigenvalue weighted by Crippen LogP contribution is -2.47. The Balaban J connectivity index is 3.00. The van der Waals surface area contributed by atoms with Gasteiger partial charge in [-0.3, -0.25) is 5.01 Å². The van der Waals surface area contributed by atoms with Crippen molar-refractivity contribution in [3.8, 4) is 0 Å². The molecular formula is C8H11F3N2O2. The van der Waals surface area contributed by atoms with E-state index in [1.165, 1.54) is 6.92 Å². The highest BCUT2D eigenvalue weighted by Crippen LogP contribution is 2.33. The van der Waals surface area contributed by atoms with Crippen LogP contribution in [0.5, 0.6) is 0 Å². The first kappa shape index (κ1) is 11.8. The van der Waals surface area contributed by atoms with E-state index in [1.807, 2.05) is 0 Å². The van der Waals surface area contributed by atoms with E-state index in [4.69, 9.17) is 5.11 Å². The van der Waals surface area contributed by atoms with Crippen LogP contribution in [0.25, 0.3) is 0 Å². The van der Waals surface area contributed by atoms with Crippen LogP contribution in [0.15, 0.2) is 5.10 Å². The third kappa shape index (κ3) is 1.91. The Hall–Kier alpha value is -1.27. The molecule has 0 aliphatic carbocycles. The second kappa shape index (κ2) is 3.39. The van der Waals surface area contributed by atoms with Gasteiger partial charge in [-0.15, -0.1) is 0 Å². The summed E-state index contributed by atoms with van der Waals surface area (Å²) in [6.45, 7) is 2.92. The average Bonchev–Trinajstić information content (AvgIpc) is 2.43. The predicted octanol–water partition coefficient (Wildman–Crippen LogP) is 1.47. The van der Waals surface area contributed by atoms with Gasteiger partial charge in [-0.25, -0.2) is 4.79 Å². The van der Waals surface area contributed by atoms with Crippen LogP contribution in [0.2, 0.25) is 0 Å². The van der Waals surface area contributed by atoms with Gasteiger partial charge in [-0.05, 0) is 13.8 Å². The first-order chi connectivity index (χ1) is 6.71. The highest BCUT2D eigenvalue weighted by molar-refractivity contribution is 5.97. The van der Waals surface area contributed by atoms with Crippen LogP contribution in [-0.4, -0.2) is 40.1 Å². The van der Waals surface area contributed by atoms with E-state index in [2.05, 4.69) is 5.10 Å². The Morgan fingerprint density at radius 2 is 2.20 bits per heavy atom. The summed E-state index contributed by atoms with van der Waals surface area (Å²) in [5.74, 6) is -1.30. The van der Waals surface area contributed by atoms with Gasteiger partial charge in [0.05, 0.1) is 0 Å². The van der Waals surface area contributed by atoms with Crippen molar-refractivity contribution in [1.82, 2.24) is 5.01 Å². The van der Waals surface area contributed by atoms with E-state index in [-0.39, 0.29) is 6.54 Å². The number of hydrazone groups is 1. The first-order valence-electron chi connectivity index (χ1n) is 4.37. The third-order valence-electron chi connectivity index (χ3n) is 2.41. The number of alkyl halides is 3. The monoisotopic (exact) mass is 224 g/mol. The molecule has 0 spiro atoms. The van der Waals surface area contributed by atoms with Gasteiger partial charge in [0.2, 0.25) is 0 Å². The normalized spacial score (nSPS) is 26.7. The molecule has 1 rings (SSSR count). The van der Waals surface area contributed by atoms with Gasteiger partial charge in [-0.2, -0.15) is 18.3 Å². The van der Waals surface area contributed by atoms with Crippen molar-refractivity contribution in [2.45, 2.75) is 32.0 Å². The van der Waals surface area contributed by atoms with Crippen LogP contribution in [0.1, 0.15) is 20.3 Å². The second-order valence-corrected chi connectivity index (χ2v) is 3.52. The lowest BCUT2D eigenvalue weighted by molar-refractivity contribution is -0.149. The quantitative estimate of drug-likeness (QED) is 0.772. The fourth-order valence-corrected chi connectivity index (χ4v) is 1.47. The fraction of sp³-hybridized carbons (Fsp3) is 0.750. The van der Waals surface area contributed by atoms with E-state index in [1.54, 1.807) is 6.92 Å². The lowest BCUT2D eigenvalue weighted by Gasteiger charge is -2.28. The predicted molar refractivity (Wildman–Crippen MR) is 46.5 cm³/mol. The molecule has 86 valence electrons. The molecule has 1 aliphatic rings. The molecule has 7 heteroatoms. The summed E-state index contributed by atoms with van der Waals surface area (Å²) in [7, 11) is 0. The summed E-state index contributed by atoms with van der Waals surface area (Å²) in [4.78, 5) is 10.9. The van der Waals surface area contributed by atoms with Gasteiger partial charge >= 0.3 is 12.1 Å². The van der Waals surface area contributed by atoms with E-state index in [0.29, 0.717) is 0 Å². The minimum atomic E-state index is -4.55. The number of likely N-dealkylation sites (N-methyl/N-ethyl adjacent to an activating group) is 1. The van der Waals surface area contributed by atoms with Crippen LogP contribution in [0, 0.1) is 0 Å². The smallest absolute Gasteiger partial charge is 0.431 e. The molecule has 4 nitrogen and oxygen atoms in total. The molecule has 0 aromatic heterocycles. The summed E-state index contributed by atoms with van der Waals surface area (Å²) < 4.78 is 37.0. The minimum Gasteiger partial charge on any atom is -0.479 e. The number of carbonyl (C=O) groups is 1. The molecule has 0 unspecified atom stereocenters. The number of rotatable bonds is 2. The zero-order valence-electron chi connectivity index (χ0n) is 8.30. The highest BCUT2D eigenvalue weighted by Gasteiger charge is 2.51. The molecule has 0 aromatic rings. The summed E-state index contributed by atoms with van der Waals surface area (Å²) in [6.07, 6.45) is -5.17. The average molecular weight is 224 g/mol. The molecule has 1 heterocycles. The van der Waals surface area contributed by atoms with Crippen LogP contribution in [-0.2, 0) is 4.79 Å². The highest BCUT2D eigenvalue weighted by atomic mass is 19.4. The summed E-state index contributed by atoms with van der Waals surface area (Å²) in [5, 5.41) is 13.1. The Kier molecular flexibility index (Phi) is 2.67. The van der Waals surface area contributed by atoms with Crippen LogP contribution in [0.4, 0.5) is 13.2 Å². The molecule has 0 radical (unpaired) electrons. The molecule has 0 bridgehead atoms. The van der Waals surface area contributed by atoms with Crippen molar-refractivity contribution < 1.29 is 23.1 Å². The second-order valence-electron chi connectivity index (χ2n) is 3.52. The van der Waals surface area contributed by atoms with Gasteiger partial charge in [0.25, 0.3) is 0 Å². The topological polar surface area (TPSA) is 52.9 Å². The molecule has 0 amide bonds. The summed E-state index contributed by atoms with van der Waals surface area (Å²) in [6, 6.07) is 0. The molecule has 0 aromatic carbocycles. The molecular weight excluding hydrogens is 213 g/mol. The van der Waals surface area contributed by atoms with Crippen LogP contribution < -0.4 is 0 Å². The number of nitrogens with zero attached hydrogens (tertiary/aromatic N) is 2. The van der Waals surface area contributed by atoms with E-state index >= 15 is 0 Å². The Morgan fingerprint density at radius 3 is 2.47 bits per heavy atom. The molecule has 1 N–H and O–H groups in total. The van der Waals surface area contributed by atoms with Crippen LogP contribution in [0.3, 0.4) is 0 Å². The number of halogens is 3. The maximum atomic E-state index is 12.3. The van der Waals surface area contributed by atoms with Crippen molar-refractivity contribution in [2.75, 3.05) is 6.54 Å². The Bertz CT molecular complexity index is 313. The minimum absolute atomic E-state index is 0.127. The molecule has 1 aliphatic heterocycles. The van der Waals surface area contributed by atoms with Crippen molar-refractivity contribution in [1.29, 1.82) is 0 Å². The molecule has 0 saturated carbocycles. The number of hydrogen-bond donors (Lipinski definition) is 1. The van der Waals surface area contributed by atoms with Crippen molar-refractivity contribution in [2.24, 2.45) is 5.10 Å². The van der Waals surface area contributed by atoms with Crippen molar-refractivity contribution >= 4 is 11.7 Å². The Labute approximate surface area is 84.4 Å². The van der Waals surface area contributed by atoms with Gasteiger partial charge in [0.1, 0.15) is 5.71 Å². The largest absolute Gasteiger partial charge is 0.479 e. The van der Waals surface area contributed by atoms with Crippen LogP contribution >= 0.6 is 0 Å². The number of carboxylic acids is 1. The summed E-state index contributed by atoms with van der Waals surface area (Å²) in [5.41, 5.74) is -2.62. The number of carboxylic acid groups (broad SMARTS) is 1. The van der Waals surface area contributed by atoms with E-state index < -0.39 is 29.8 Å². The van der Waals surface area contributed by atoms with Gasteiger partial charge in [-0.1, -0.05) is 0 Å². The Morgan fingerprint density at radius 1 is 1.67 bits per heavy atom. The van der Waals surface area contributed by atoms with Crippen molar-refractivity contribution in [3.63, 3.8) is 0 Å². The molecule has 0 saturated heterocycles. The van der Waals surface area contributed by atoms with Crippen molar-refractivity contribution in [3.05, 3.63) is 0 Å². The summed E-state index contributed by atoms with van der Waals surface area (Å²) >= 11 is 0. The van der Waals surface area contributed by atoms with Gasteiger partial charge < -0.3 is 5.11 Å². The number of aliphatic carboxylic acids is 1. The van der Waals surface area contributed by atoms with E-state index in [9.17, 15) is 18.0 Å². The molecule has 0 fully saturated rings. The molecule has 15 heavy (non-hydrogen) atoms. The maximum absolute atomic E-state index is 12.3. The molecule has 1 atom stereocenters. The zero-order chi connectivity index (χ0) is 11.9. The fourth-order valence-electron chi connectivity index (χ4n) is 1.47. The lowest BCUT2D eigenvalue weighted by atomic mass is 9.96. The standard InChI is InChI=1S/C8H11F3N2O2/c1-3-13-7(2,6(14)15)4-5(12-13)8(9,10)11/h3-4H2,1-2H3,(H,14,15)/t7-/m1/s1. The maximum Gasteiger partial charge on any atom is 0.431 e. The van der Waals surface area contributed by atoms with Gasteiger partial charge in [0.15, 0.2) is 5.54 Å². The number of hydrogen-bond acceptors (Lipinski definition) is 3. The first-order valence-corrected chi connectivity index (χ1v) is 4.37. The van der Waals surface area contributed by atoms with E-state index in [0.717, 1.165) is 5.01 Å². The third-order valence-corrected chi connectivity index (χ3v) is 2.41.